The van der Waals surface area contributed by atoms with E-state index in [-0.39, 0.29) is 5.91 Å². The molecule has 3 nitrogen and oxygen atoms in total. The van der Waals surface area contributed by atoms with Gasteiger partial charge in [0.25, 0.3) is 0 Å². The number of benzene rings is 2. The summed E-state index contributed by atoms with van der Waals surface area (Å²) in [7, 11) is 0. The van der Waals surface area contributed by atoms with Crippen molar-refractivity contribution in [3.63, 3.8) is 0 Å². The van der Waals surface area contributed by atoms with Crippen molar-refractivity contribution in [2.24, 2.45) is 0 Å². The minimum atomic E-state index is -0.454. The van der Waals surface area contributed by atoms with Crippen LogP contribution in [-0.2, 0) is 10.2 Å². The van der Waals surface area contributed by atoms with E-state index in [1.165, 1.54) is 0 Å². The maximum absolute atomic E-state index is 13.1. The molecule has 0 atom stereocenters. The number of amides is 1. The van der Waals surface area contributed by atoms with E-state index in [0.717, 1.165) is 41.8 Å². The van der Waals surface area contributed by atoms with Crippen molar-refractivity contribution in [3.05, 3.63) is 94.8 Å². The average molecular weight is 389 g/mol. The molecule has 3 aromatic rings. The maximum atomic E-state index is 13.1. The van der Waals surface area contributed by atoms with E-state index < -0.39 is 5.41 Å². The van der Waals surface area contributed by atoms with Crippen LogP contribution in [-0.4, -0.2) is 10.9 Å². The third-order valence-corrected chi connectivity index (χ3v) is 5.57. The highest BCUT2D eigenvalue weighted by Crippen LogP contribution is 2.44. The molecule has 1 fully saturated rings. The Morgan fingerprint density at radius 1 is 1.00 bits per heavy atom. The minimum absolute atomic E-state index is 0.0481. The number of carbonyl (C=O) groups excluding carboxylic acids is 1. The summed E-state index contributed by atoms with van der Waals surface area (Å²) in [4.78, 5) is 17.4. The van der Waals surface area contributed by atoms with Crippen molar-refractivity contribution in [3.8, 4) is 0 Å². The fraction of sp³-hybridized carbons (Fsp3) is 0.167. The fourth-order valence-electron chi connectivity index (χ4n) is 3.57. The zero-order chi connectivity index (χ0) is 19.4. The lowest BCUT2D eigenvalue weighted by molar-refractivity contribution is -0.124. The van der Waals surface area contributed by atoms with Crippen LogP contribution in [0.3, 0.4) is 0 Å². The number of hydrogen-bond acceptors (Lipinski definition) is 2. The first-order chi connectivity index (χ1) is 13.7. The third kappa shape index (κ3) is 3.85. The Morgan fingerprint density at radius 3 is 2.50 bits per heavy atom. The summed E-state index contributed by atoms with van der Waals surface area (Å²) in [5.41, 5.74) is 3.29. The number of halogens is 1. The molecule has 0 unspecified atom stereocenters. The molecule has 0 radical (unpaired) electrons. The number of aromatic nitrogens is 1. The smallest absolute Gasteiger partial charge is 0.235 e. The summed E-state index contributed by atoms with van der Waals surface area (Å²) < 4.78 is 0. The fourth-order valence-corrected chi connectivity index (χ4v) is 3.70. The van der Waals surface area contributed by atoms with Gasteiger partial charge >= 0.3 is 0 Å². The lowest BCUT2D eigenvalue weighted by Crippen LogP contribution is -2.46. The van der Waals surface area contributed by atoms with Gasteiger partial charge in [0.1, 0.15) is 0 Å². The molecule has 0 spiro atoms. The maximum Gasteiger partial charge on any atom is 0.235 e. The van der Waals surface area contributed by atoms with Gasteiger partial charge in [-0.05, 0) is 66.4 Å². The third-order valence-electron chi connectivity index (χ3n) is 5.32. The predicted molar refractivity (Wildman–Crippen MR) is 115 cm³/mol. The van der Waals surface area contributed by atoms with Crippen LogP contribution in [0.1, 0.15) is 36.1 Å². The van der Waals surface area contributed by atoms with Crippen LogP contribution in [0.15, 0.2) is 72.9 Å². The van der Waals surface area contributed by atoms with Crippen LogP contribution in [0.5, 0.6) is 0 Å². The number of hydrogen-bond donors (Lipinski definition) is 1. The molecule has 2 aromatic carbocycles. The van der Waals surface area contributed by atoms with Gasteiger partial charge in [0.2, 0.25) is 5.91 Å². The van der Waals surface area contributed by atoms with Crippen molar-refractivity contribution in [2.45, 2.75) is 24.7 Å². The molecule has 0 bridgehead atoms. The SMILES string of the molecule is O=C(Nc1cccc(/C=C/c2ccccn2)c1)C1(c2ccc(Cl)cc2)CCC1. The molecule has 1 aromatic heterocycles. The Bertz CT molecular complexity index is 993. The molecule has 1 aliphatic carbocycles. The first-order valence-electron chi connectivity index (χ1n) is 9.42. The molecule has 1 amide bonds. The van der Waals surface area contributed by atoms with Crippen molar-refractivity contribution in [1.82, 2.24) is 4.98 Å². The molecule has 4 heteroatoms. The topological polar surface area (TPSA) is 42.0 Å². The minimum Gasteiger partial charge on any atom is -0.325 e. The van der Waals surface area contributed by atoms with E-state index >= 15 is 0 Å². The molecule has 1 heterocycles. The van der Waals surface area contributed by atoms with Crippen LogP contribution < -0.4 is 5.32 Å². The number of nitrogens with zero attached hydrogens (tertiary/aromatic N) is 1. The van der Waals surface area contributed by atoms with Crippen molar-refractivity contribution >= 4 is 35.3 Å². The zero-order valence-electron chi connectivity index (χ0n) is 15.4. The number of anilines is 1. The first-order valence-corrected chi connectivity index (χ1v) is 9.80. The molecule has 0 saturated heterocycles. The highest BCUT2D eigenvalue weighted by atomic mass is 35.5. The summed E-state index contributed by atoms with van der Waals surface area (Å²) in [6.07, 6.45) is 8.51. The molecule has 140 valence electrons. The van der Waals surface area contributed by atoms with Gasteiger partial charge in [0, 0.05) is 16.9 Å². The lowest BCUT2D eigenvalue weighted by atomic mass is 9.64. The van der Waals surface area contributed by atoms with Crippen molar-refractivity contribution < 1.29 is 4.79 Å². The van der Waals surface area contributed by atoms with Crippen LogP contribution in [0, 0.1) is 0 Å². The van der Waals surface area contributed by atoms with Crippen LogP contribution in [0.4, 0.5) is 5.69 Å². The highest BCUT2D eigenvalue weighted by Gasteiger charge is 2.45. The molecule has 0 aliphatic heterocycles. The second-order valence-corrected chi connectivity index (χ2v) is 7.55. The number of nitrogens with one attached hydrogen (secondary N) is 1. The molecule has 28 heavy (non-hydrogen) atoms. The Labute approximate surface area is 170 Å². The normalized spacial score (nSPS) is 15.2. The van der Waals surface area contributed by atoms with E-state index in [9.17, 15) is 4.79 Å². The Balaban J connectivity index is 1.51. The molecule has 1 aliphatic rings. The predicted octanol–water partition coefficient (Wildman–Crippen LogP) is 5.97. The van der Waals surface area contributed by atoms with Gasteiger partial charge in [0.05, 0.1) is 11.1 Å². The molecular weight excluding hydrogens is 368 g/mol. The van der Waals surface area contributed by atoms with Crippen LogP contribution in [0.2, 0.25) is 5.02 Å². The zero-order valence-corrected chi connectivity index (χ0v) is 16.2. The largest absolute Gasteiger partial charge is 0.325 e. The number of rotatable bonds is 5. The second kappa shape index (κ2) is 7.99. The summed E-state index contributed by atoms with van der Waals surface area (Å²) >= 11 is 6.01. The first kappa shape index (κ1) is 18.5. The average Bonchev–Trinajstić information content (AvgIpc) is 2.68. The lowest BCUT2D eigenvalue weighted by Gasteiger charge is -2.40. The van der Waals surface area contributed by atoms with Crippen molar-refractivity contribution in [2.75, 3.05) is 5.32 Å². The standard InChI is InChI=1S/C24H21ClN2O/c25-20-11-9-19(10-12-20)24(14-4-15-24)23(28)27-22-7-3-5-18(17-22)8-13-21-6-1-2-16-26-21/h1-3,5-13,16-17H,4,14-15H2,(H,27,28)/b13-8+. The van der Waals surface area contributed by atoms with Gasteiger partial charge in [-0.15, -0.1) is 0 Å². The monoisotopic (exact) mass is 388 g/mol. The van der Waals surface area contributed by atoms with E-state index in [0.29, 0.717) is 5.02 Å². The van der Waals surface area contributed by atoms with Gasteiger partial charge < -0.3 is 5.32 Å². The summed E-state index contributed by atoms with van der Waals surface area (Å²) in [6.45, 7) is 0. The van der Waals surface area contributed by atoms with Gasteiger partial charge in [-0.3, -0.25) is 9.78 Å². The summed E-state index contributed by atoms with van der Waals surface area (Å²) in [6, 6.07) is 21.3. The number of pyridine rings is 1. The van der Waals surface area contributed by atoms with Gasteiger partial charge in [-0.1, -0.05) is 54.4 Å². The molecule has 1 N–H and O–H groups in total. The van der Waals surface area contributed by atoms with Crippen LogP contribution >= 0.6 is 11.6 Å². The Morgan fingerprint density at radius 2 is 1.82 bits per heavy atom. The Hall–Kier alpha value is -2.91. The van der Waals surface area contributed by atoms with E-state index in [4.69, 9.17) is 11.6 Å². The summed E-state index contributed by atoms with van der Waals surface area (Å²) in [5, 5.41) is 3.80. The quantitative estimate of drug-likeness (QED) is 0.585. The van der Waals surface area contributed by atoms with Gasteiger partial charge in [0.15, 0.2) is 0 Å². The molecular formula is C24H21ClN2O. The Kier molecular flexibility index (Phi) is 5.27. The second-order valence-electron chi connectivity index (χ2n) is 7.11. The highest BCUT2D eigenvalue weighted by molar-refractivity contribution is 6.30. The van der Waals surface area contributed by atoms with Crippen LogP contribution in [0.25, 0.3) is 12.2 Å². The summed E-state index contributed by atoms with van der Waals surface area (Å²) in [5.74, 6) is 0.0481. The molecule has 1 saturated carbocycles. The van der Waals surface area contributed by atoms with Gasteiger partial charge in [-0.2, -0.15) is 0 Å². The van der Waals surface area contributed by atoms with E-state index in [1.54, 1.807) is 6.20 Å². The van der Waals surface area contributed by atoms with E-state index in [1.807, 2.05) is 78.9 Å². The van der Waals surface area contributed by atoms with Gasteiger partial charge in [-0.25, -0.2) is 0 Å². The van der Waals surface area contributed by atoms with Crippen molar-refractivity contribution in [1.29, 1.82) is 0 Å². The molecule has 4 rings (SSSR count). The van der Waals surface area contributed by atoms with E-state index in [2.05, 4.69) is 10.3 Å². The number of carbonyl (C=O) groups is 1.